The number of nitrogens with zero attached hydrogens (tertiary/aromatic N) is 3. The number of piperazine rings is 1. The maximum absolute atomic E-state index is 12.6. The van der Waals surface area contributed by atoms with E-state index < -0.39 is 0 Å². The zero-order valence-electron chi connectivity index (χ0n) is 20.3. The number of carbonyl (C=O) groups is 1. The highest BCUT2D eigenvalue weighted by atomic mass is 16.5. The SMILES string of the molecule is COC(=CC(=O)NCc1ccc(CN2CCN(C)CC2)cc1)c1nc2c(OC)cccc2c(=O)[nH]1. The average Bonchev–Trinajstić information content (AvgIpc) is 2.88. The maximum Gasteiger partial charge on any atom is 0.259 e. The minimum atomic E-state index is -0.355. The topological polar surface area (TPSA) is 99.8 Å². The van der Waals surface area contributed by atoms with E-state index in [9.17, 15) is 9.59 Å². The largest absolute Gasteiger partial charge is 0.494 e. The number of hydrogen-bond donors (Lipinski definition) is 2. The lowest BCUT2D eigenvalue weighted by Crippen LogP contribution is -2.43. The second-order valence-electron chi connectivity index (χ2n) is 8.60. The standard InChI is InChI=1S/C26H31N5O4/c1-30-11-13-31(14-12-30)17-19-9-7-18(8-10-19)16-27-23(32)15-22(35-3)25-28-24-20(26(33)29-25)5-4-6-21(24)34-2/h4-10,15H,11-14,16-17H2,1-3H3,(H,27,32)(H,28,29,33). The van der Waals surface area contributed by atoms with Gasteiger partial charge in [0.25, 0.3) is 5.56 Å². The molecule has 2 N–H and O–H groups in total. The van der Waals surface area contributed by atoms with Gasteiger partial charge in [0.05, 0.1) is 19.6 Å². The van der Waals surface area contributed by atoms with Crippen molar-refractivity contribution in [3.8, 4) is 5.75 Å². The van der Waals surface area contributed by atoms with Crippen LogP contribution in [0.4, 0.5) is 0 Å². The van der Waals surface area contributed by atoms with Crippen molar-refractivity contribution in [2.75, 3.05) is 47.4 Å². The highest BCUT2D eigenvalue weighted by Gasteiger charge is 2.15. The van der Waals surface area contributed by atoms with Crippen molar-refractivity contribution < 1.29 is 14.3 Å². The molecule has 184 valence electrons. The molecule has 1 fully saturated rings. The van der Waals surface area contributed by atoms with E-state index in [4.69, 9.17) is 9.47 Å². The van der Waals surface area contributed by atoms with Crippen molar-refractivity contribution >= 4 is 22.6 Å². The molecule has 1 aliphatic rings. The molecule has 0 spiro atoms. The quantitative estimate of drug-likeness (QED) is 0.378. The van der Waals surface area contributed by atoms with Crippen LogP contribution in [0.3, 0.4) is 0 Å². The zero-order valence-corrected chi connectivity index (χ0v) is 20.3. The zero-order chi connectivity index (χ0) is 24.8. The average molecular weight is 478 g/mol. The van der Waals surface area contributed by atoms with Crippen LogP contribution in [-0.4, -0.2) is 73.1 Å². The van der Waals surface area contributed by atoms with E-state index in [0.29, 0.717) is 23.2 Å². The summed E-state index contributed by atoms with van der Waals surface area (Å²) >= 11 is 0. The van der Waals surface area contributed by atoms with Gasteiger partial charge in [-0.25, -0.2) is 4.98 Å². The van der Waals surface area contributed by atoms with E-state index >= 15 is 0 Å². The highest BCUT2D eigenvalue weighted by molar-refractivity contribution is 5.93. The van der Waals surface area contributed by atoms with Crippen LogP contribution in [0.15, 0.2) is 53.3 Å². The fourth-order valence-electron chi connectivity index (χ4n) is 4.03. The summed E-state index contributed by atoms with van der Waals surface area (Å²) in [5, 5.41) is 3.25. The molecule has 1 aliphatic heterocycles. The van der Waals surface area contributed by atoms with Crippen LogP contribution in [0, 0.1) is 0 Å². The first-order chi connectivity index (χ1) is 17.0. The van der Waals surface area contributed by atoms with E-state index in [1.807, 2.05) is 12.1 Å². The molecule has 3 aromatic rings. The molecule has 1 saturated heterocycles. The molecule has 0 saturated carbocycles. The Balaban J connectivity index is 1.40. The molecule has 4 rings (SSSR count). The van der Waals surface area contributed by atoms with Crippen molar-refractivity contribution in [1.29, 1.82) is 0 Å². The summed E-state index contributed by atoms with van der Waals surface area (Å²) in [5.74, 6) is 0.407. The van der Waals surface area contributed by atoms with Gasteiger partial charge in [-0.15, -0.1) is 0 Å². The summed E-state index contributed by atoms with van der Waals surface area (Å²) in [4.78, 5) is 37.0. The Morgan fingerprint density at radius 2 is 1.80 bits per heavy atom. The fourth-order valence-corrected chi connectivity index (χ4v) is 4.03. The number of likely N-dealkylation sites (N-methyl/N-ethyl adjacent to an activating group) is 1. The molecule has 0 aliphatic carbocycles. The van der Waals surface area contributed by atoms with Gasteiger partial charge >= 0.3 is 0 Å². The summed E-state index contributed by atoms with van der Waals surface area (Å²) in [5.41, 5.74) is 2.31. The van der Waals surface area contributed by atoms with Gasteiger partial charge < -0.3 is 24.7 Å². The van der Waals surface area contributed by atoms with Gasteiger partial charge in [-0.3, -0.25) is 14.5 Å². The van der Waals surface area contributed by atoms with Crippen LogP contribution in [0.1, 0.15) is 17.0 Å². The van der Waals surface area contributed by atoms with Gasteiger partial charge in [-0.1, -0.05) is 30.3 Å². The first-order valence-electron chi connectivity index (χ1n) is 11.6. The van der Waals surface area contributed by atoms with Gasteiger partial charge in [-0.05, 0) is 30.3 Å². The van der Waals surface area contributed by atoms with Crippen LogP contribution in [0.5, 0.6) is 5.75 Å². The smallest absolute Gasteiger partial charge is 0.259 e. The highest BCUT2D eigenvalue weighted by Crippen LogP contribution is 2.22. The van der Waals surface area contributed by atoms with Gasteiger partial charge in [0.15, 0.2) is 11.6 Å². The van der Waals surface area contributed by atoms with Gasteiger partial charge in [0.2, 0.25) is 5.91 Å². The lowest BCUT2D eigenvalue weighted by atomic mass is 10.1. The van der Waals surface area contributed by atoms with E-state index in [1.165, 1.54) is 25.9 Å². The number of carbonyl (C=O) groups excluding carboxylic acids is 1. The predicted octanol–water partition coefficient (Wildman–Crippen LogP) is 1.98. The molecular weight excluding hydrogens is 446 g/mol. The van der Waals surface area contributed by atoms with Gasteiger partial charge in [0, 0.05) is 45.3 Å². The van der Waals surface area contributed by atoms with E-state index in [0.717, 1.165) is 38.3 Å². The Kier molecular flexibility index (Phi) is 7.79. The monoisotopic (exact) mass is 477 g/mol. The second kappa shape index (κ2) is 11.2. The number of amides is 1. The minimum absolute atomic E-state index is 0.148. The maximum atomic E-state index is 12.6. The Morgan fingerprint density at radius 1 is 1.09 bits per heavy atom. The van der Waals surface area contributed by atoms with Crippen molar-refractivity contribution in [2.24, 2.45) is 0 Å². The lowest BCUT2D eigenvalue weighted by molar-refractivity contribution is -0.116. The first kappa shape index (κ1) is 24.4. The number of para-hydroxylation sites is 1. The molecular formula is C26H31N5O4. The summed E-state index contributed by atoms with van der Waals surface area (Å²) in [6.45, 7) is 5.65. The number of aromatic amines is 1. The molecule has 2 aromatic carbocycles. The van der Waals surface area contributed by atoms with Crippen molar-refractivity contribution in [1.82, 2.24) is 25.1 Å². The van der Waals surface area contributed by atoms with E-state index in [2.05, 4.69) is 44.3 Å². The molecule has 0 radical (unpaired) electrons. The molecule has 0 unspecified atom stereocenters. The number of benzene rings is 2. The molecule has 9 heteroatoms. The predicted molar refractivity (Wildman–Crippen MR) is 135 cm³/mol. The normalized spacial score (nSPS) is 15.2. The third-order valence-electron chi connectivity index (χ3n) is 6.13. The first-order valence-corrected chi connectivity index (χ1v) is 11.6. The van der Waals surface area contributed by atoms with Crippen LogP contribution in [-0.2, 0) is 22.6 Å². The molecule has 35 heavy (non-hydrogen) atoms. The Bertz CT molecular complexity index is 1260. The fraction of sp³-hybridized carbons (Fsp3) is 0.346. The molecule has 0 bridgehead atoms. The molecule has 1 amide bonds. The minimum Gasteiger partial charge on any atom is -0.494 e. The Morgan fingerprint density at radius 3 is 2.49 bits per heavy atom. The van der Waals surface area contributed by atoms with Crippen LogP contribution < -0.4 is 15.6 Å². The van der Waals surface area contributed by atoms with E-state index in [-0.39, 0.29) is 23.1 Å². The van der Waals surface area contributed by atoms with Gasteiger partial charge in [-0.2, -0.15) is 0 Å². The number of ether oxygens (including phenoxy) is 2. The number of methoxy groups -OCH3 is 2. The summed E-state index contributed by atoms with van der Waals surface area (Å²) in [6, 6.07) is 13.4. The van der Waals surface area contributed by atoms with Crippen LogP contribution in [0.25, 0.3) is 16.7 Å². The molecule has 1 aromatic heterocycles. The van der Waals surface area contributed by atoms with E-state index in [1.54, 1.807) is 18.2 Å². The second-order valence-corrected chi connectivity index (χ2v) is 8.60. The van der Waals surface area contributed by atoms with Crippen LogP contribution in [0.2, 0.25) is 0 Å². The van der Waals surface area contributed by atoms with Crippen molar-refractivity contribution in [2.45, 2.75) is 13.1 Å². The Labute approximate surface area is 204 Å². The van der Waals surface area contributed by atoms with Gasteiger partial charge in [0.1, 0.15) is 11.3 Å². The molecule has 0 atom stereocenters. The number of aromatic nitrogens is 2. The summed E-state index contributed by atoms with van der Waals surface area (Å²) in [6.07, 6.45) is 1.28. The number of nitrogens with one attached hydrogen (secondary N) is 2. The lowest BCUT2D eigenvalue weighted by Gasteiger charge is -2.32. The number of H-pyrrole nitrogens is 1. The van der Waals surface area contributed by atoms with Crippen molar-refractivity contribution in [3.05, 3.63) is 75.8 Å². The third kappa shape index (κ3) is 6.06. The Hall–Kier alpha value is -3.69. The van der Waals surface area contributed by atoms with Crippen molar-refractivity contribution in [3.63, 3.8) is 0 Å². The number of hydrogen-bond acceptors (Lipinski definition) is 7. The number of fused-ring (bicyclic) bond motifs is 1. The number of rotatable bonds is 8. The summed E-state index contributed by atoms with van der Waals surface area (Å²) in [7, 11) is 5.08. The molecule has 2 heterocycles. The summed E-state index contributed by atoms with van der Waals surface area (Å²) < 4.78 is 10.7. The van der Waals surface area contributed by atoms with Crippen LogP contribution >= 0.6 is 0 Å². The molecule has 9 nitrogen and oxygen atoms in total. The third-order valence-corrected chi connectivity index (χ3v) is 6.13.